The Morgan fingerprint density at radius 2 is 1.16 bits per heavy atom. The number of nitrogens with zero attached hydrogens (tertiary/aromatic N) is 4. The van der Waals surface area contributed by atoms with Crippen LogP contribution in [0.25, 0.3) is 44.6 Å². The van der Waals surface area contributed by atoms with Crippen LogP contribution in [-0.2, 0) is 42.1 Å². The smallest absolute Gasteiger partial charge is 0.669 e. The van der Waals surface area contributed by atoms with Crippen molar-refractivity contribution in [1.82, 2.24) is 14.1 Å². The summed E-state index contributed by atoms with van der Waals surface area (Å²) in [5.41, 5.74) is 10.6. The van der Waals surface area contributed by atoms with Gasteiger partial charge in [0.25, 0.3) is 11.4 Å². The van der Waals surface area contributed by atoms with Crippen molar-refractivity contribution in [2.24, 2.45) is 0 Å². The Bertz CT molecular complexity index is 3090. The van der Waals surface area contributed by atoms with Gasteiger partial charge in [0.1, 0.15) is 5.69 Å². The van der Waals surface area contributed by atoms with Crippen molar-refractivity contribution in [3.63, 3.8) is 0 Å². The first-order valence-electron chi connectivity index (χ1n) is 19.5. The number of rotatable bonds is 9. The van der Waals surface area contributed by atoms with E-state index in [1.54, 1.807) is 23.2 Å². The van der Waals surface area contributed by atoms with Crippen molar-refractivity contribution < 1.29 is 56.2 Å². The molecule has 0 aliphatic carbocycles. The molecule has 9 aromatic rings. The van der Waals surface area contributed by atoms with E-state index in [1.165, 1.54) is 0 Å². The van der Waals surface area contributed by atoms with Crippen LogP contribution < -0.4 is 14.0 Å². The third-order valence-electron chi connectivity index (χ3n) is 9.79. The SMILES string of the molecule is C[N+]1=C=[N+](c2[c-]c(Oc3[c-]c(-c4cc(-c5[c-]c(Oc6[c-]cccc6)ccc5)[c-]cn4)ccc3)ccc2)c2cc(-c3ccccc3)c(-c3ccccc3)cc21.[C-]#Cn1cccc1.[Pt+2].[Pt+4]. The Hall–Kier alpha value is -7.11. The van der Waals surface area contributed by atoms with E-state index in [2.05, 4.69) is 108 Å². The summed E-state index contributed by atoms with van der Waals surface area (Å²) in [4.78, 5) is 4.60. The van der Waals surface area contributed by atoms with E-state index < -0.39 is 0 Å². The molecule has 2 aromatic heterocycles. The Kier molecular flexibility index (Phi) is 14.4. The Morgan fingerprint density at radius 3 is 1.79 bits per heavy atom. The van der Waals surface area contributed by atoms with Crippen molar-refractivity contribution in [2.75, 3.05) is 7.05 Å². The molecule has 1 aliphatic rings. The number of fused-ring (bicyclic) bond motifs is 1. The minimum Gasteiger partial charge on any atom is -0.669 e. The van der Waals surface area contributed by atoms with E-state index in [4.69, 9.17) is 15.9 Å². The number of benzene rings is 7. The summed E-state index contributed by atoms with van der Waals surface area (Å²) >= 11 is 0. The molecule has 0 spiro atoms. The quantitative estimate of drug-likeness (QED) is 0.0822. The van der Waals surface area contributed by atoms with Gasteiger partial charge in [-0.2, -0.15) is 36.4 Å². The Morgan fingerprint density at radius 1 is 0.587 bits per heavy atom. The Labute approximate surface area is 396 Å². The zero-order valence-electron chi connectivity index (χ0n) is 33.6. The second-order valence-electron chi connectivity index (χ2n) is 13.8. The van der Waals surface area contributed by atoms with Gasteiger partial charge < -0.3 is 25.4 Å². The molecular formula is C55H34N4O2Pt2+2. The van der Waals surface area contributed by atoms with Crippen LogP contribution >= 0.6 is 0 Å². The number of para-hydroxylation sites is 1. The molecular weight excluding hydrogens is 1140 g/mol. The van der Waals surface area contributed by atoms with Crippen molar-refractivity contribution in [3.8, 4) is 73.7 Å². The summed E-state index contributed by atoms with van der Waals surface area (Å²) in [6, 6.07) is 78.2. The Balaban J connectivity index is 0.000000605. The third-order valence-corrected chi connectivity index (χ3v) is 9.79. The summed E-state index contributed by atoms with van der Waals surface area (Å²) < 4.78 is 17.9. The van der Waals surface area contributed by atoms with E-state index in [-0.39, 0.29) is 42.1 Å². The maximum atomic E-state index is 6.57. The maximum absolute atomic E-state index is 6.57. The third kappa shape index (κ3) is 10.3. The van der Waals surface area contributed by atoms with Gasteiger partial charge in [-0.3, -0.25) is 11.1 Å². The molecule has 7 aromatic carbocycles. The first kappa shape index (κ1) is 44.0. The number of hydrogen-bond acceptors (Lipinski definition) is 3. The predicted octanol–water partition coefficient (Wildman–Crippen LogP) is 12.5. The van der Waals surface area contributed by atoms with E-state index in [9.17, 15) is 0 Å². The number of hydrogen-bond donors (Lipinski definition) is 0. The van der Waals surface area contributed by atoms with Crippen molar-refractivity contribution in [3.05, 3.63) is 225 Å². The number of pyridine rings is 1. The van der Waals surface area contributed by atoms with Gasteiger partial charge in [-0.05, 0) is 34.4 Å². The first-order valence-corrected chi connectivity index (χ1v) is 19.5. The minimum atomic E-state index is 0. The molecule has 0 fully saturated rings. The molecule has 10 rings (SSSR count). The molecule has 0 unspecified atom stereocenters. The molecule has 0 radical (unpaired) electrons. The molecule has 3 heterocycles. The summed E-state index contributed by atoms with van der Waals surface area (Å²) in [5, 5.41) is 0. The number of aromatic nitrogens is 2. The second kappa shape index (κ2) is 20.6. The van der Waals surface area contributed by atoms with Gasteiger partial charge in [0.05, 0.1) is 0 Å². The average Bonchev–Trinajstić information content (AvgIpc) is 3.98. The van der Waals surface area contributed by atoms with Crippen LogP contribution in [-0.4, -0.2) is 27.2 Å². The number of ether oxygens (including phenoxy) is 2. The van der Waals surface area contributed by atoms with Gasteiger partial charge in [-0.1, -0.05) is 99.9 Å². The van der Waals surface area contributed by atoms with E-state index in [0.29, 0.717) is 23.0 Å². The molecule has 0 amide bonds. The molecule has 8 heteroatoms. The van der Waals surface area contributed by atoms with Gasteiger partial charge in [0, 0.05) is 47.5 Å². The first-order chi connectivity index (χ1) is 30.1. The van der Waals surface area contributed by atoms with Gasteiger partial charge in [-0.25, -0.2) is 24.2 Å². The molecule has 63 heavy (non-hydrogen) atoms. The van der Waals surface area contributed by atoms with Gasteiger partial charge >= 0.3 is 48.1 Å². The minimum absolute atomic E-state index is 0. The molecule has 0 saturated heterocycles. The van der Waals surface area contributed by atoms with E-state index >= 15 is 0 Å². The monoisotopic (exact) mass is 1170 g/mol. The van der Waals surface area contributed by atoms with Crippen LogP contribution in [0.1, 0.15) is 0 Å². The normalized spacial score (nSPS) is 10.9. The van der Waals surface area contributed by atoms with Crippen molar-refractivity contribution >= 4 is 23.1 Å². The predicted molar refractivity (Wildman–Crippen MR) is 239 cm³/mol. The van der Waals surface area contributed by atoms with Crippen molar-refractivity contribution in [2.45, 2.75) is 0 Å². The molecule has 304 valence electrons. The zero-order chi connectivity index (χ0) is 41.4. The molecule has 0 bridgehead atoms. The van der Waals surface area contributed by atoms with Crippen LogP contribution in [0, 0.1) is 42.8 Å². The van der Waals surface area contributed by atoms with Crippen LogP contribution in [0.5, 0.6) is 23.0 Å². The fourth-order valence-corrected chi connectivity index (χ4v) is 6.90. The molecule has 6 nitrogen and oxygen atoms in total. The van der Waals surface area contributed by atoms with Gasteiger partial charge in [-0.15, -0.1) is 48.0 Å². The van der Waals surface area contributed by atoms with Gasteiger partial charge in [0.2, 0.25) is 0 Å². The molecule has 0 saturated carbocycles. The van der Waals surface area contributed by atoms with Crippen LogP contribution in [0.3, 0.4) is 0 Å². The average molecular weight is 1170 g/mol. The standard InChI is InChI=1S/C49H30N3O2.C6H4N.2Pt/c1-51-34-52(49-33-46(36-16-7-3-8-17-36)45(32-48(49)51)35-14-5-2-6-15-35)40-20-13-25-44(31-40)54-43-24-12-19-39(29-43)47-30-38(26-27-50-47)37-18-11-23-42(28-37)53-41-21-9-4-10-22-41;1-2-7-5-3-4-6-7;;/h2-21,23-25,27,30,32-33H,1H3;3-6H;;/q-3;-1;+2;+4. The molecule has 1 aliphatic heterocycles. The summed E-state index contributed by atoms with van der Waals surface area (Å²) in [5.74, 6) is 2.32. The fraction of sp³-hybridized carbons (Fsp3) is 0.0182. The summed E-state index contributed by atoms with van der Waals surface area (Å²) in [7, 11) is 2.02. The van der Waals surface area contributed by atoms with Crippen molar-refractivity contribution in [1.29, 1.82) is 0 Å². The van der Waals surface area contributed by atoms with E-state index in [0.717, 1.165) is 61.7 Å². The fourth-order valence-electron chi connectivity index (χ4n) is 6.90. The largest absolute Gasteiger partial charge is 4.00 e. The van der Waals surface area contributed by atoms with Crippen LogP contribution in [0.4, 0.5) is 17.1 Å². The van der Waals surface area contributed by atoms with Gasteiger partial charge in [0.15, 0.2) is 7.05 Å². The van der Waals surface area contributed by atoms with Crippen LogP contribution in [0.15, 0.2) is 188 Å². The zero-order valence-corrected chi connectivity index (χ0v) is 38.2. The molecule has 0 N–H and O–H groups in total. The van der Waals surface area contributed by atoms with Crippen LogP contribution in [0.2, 0.25) is 0 Å². The summed E-state index contributed by atoms with van der Waals surface area (Å²) in [6.45, 7) is 0. The summed E-state index contributed by atoms with van der Waals surface area (Å²) in [6.07, 6.45) is 11.8. The van der Waals surface area contributed by atoms with E-state index in [1.807, 2.05) is 125 Å². The topological polar surface area (TPSA) is 42.3 Å². The maximum Gasteiger partial charge on any atom is 4.00 e. The molecule has 0 atom stereocenters. The second-order valence-corrected chi connectivity index (χ2v) is 13.8.